The molecule has 0 bridgehead atoms. The Kier molecular flexibility index (Phi) is 6.95. The monoisotopic (exact) mass is 250 g/mol. The van der Waals surface area contributed by atoms with Crippen molar-refractivity contribution in [1.29, 1.82) is 0 Å². The van der Waals surface area contributed by atoms with Gasteiger partial charge >= 0.3 is 0 Å². The van der Waals surface area contributed by atoms with E-state index in [9.17, 15) is 0 Å². The standard InChI is InChI=1S/C14H22N2S/c1-4-9-15-11-13-7-8-14(17-13)12-16(6-3)10-5-2/h2,7-8,15H,4,6,9-12H2,1,3H3. The molecular formula is C14H22N2S. The van der Waals surface area contributed by atoms with Gasteiger partial charge in [-0.3, -0.25) is 4.90 Å². The lowest BCUT2D eigenvalue weighted by atomic mass is 10.3. The van der Waals surface area contributed by atoms with Gasteiger partial charge in [0.05, 0.1) is 6.54 Å². The van der Waals surface area contributed by atoms with Crippen molar-refractivity contribution in [1.82, 2.24) is 10.2 Å². The fourth-order valence-corrected chi connectivity index (χ4v) is 2.65. The summed E-state index contributed by atoms with van der Waals surface area (Å²) in [4.78, 5) is 5.08. The van der Waals surface area contributed by atoms with E-state index in [2.05, 4.69) is 42.1 Å². The Balaban J connectivity index is 2.41. The molecule has 0 saturated heterocycles. The van der Waals surface area contributed by atoms with Crippen LogP contribution in [0.4, 0.5) is 0 Å². The van der Waals surface area contributed by atoms with Crippen LogP contribution in [0.25, 0.3) is 0 Å². The molecule has 94 valence electrons. The summed E-state index contributed by atoms with van der Waals surface area (Å²) in [6, 6.07) is 4.43. The summed E-state index contributed by atoms with van der Waals surface area (Å²) >= 11 is 1.88. The molecule has 0 spiro atoms. The van der Waals surface area contributed by atoms with Crippen LogP contribution in [-0.4, -0.2) is 24.5 Å². The van der Waals surface area contributed by atoms with Crippen molar-refractivity contribution in [2.45, 2.75) is 33.4 Å². The van der Waals surface area contributed by atoms with Crippen LogP contribution in [0.1, 0.15) is 30.0 Å². The van der Waals surface area contributed by atoms with Gasteiger partial charge in [-0.15, -0.1) is 17.8 Å². The summed E-state index contributed by atoms with van der Waals surface area (Å²) in [5, 5.41) is 3.42. The number of thiophene rings is 1. The molecule has 0 aliphatic carbocycles. The minimum Gasteiger partial charge on any atom is -0.312 e. The average molecular weight is 250 g/mol. The maximum absolute atomic E-state index is 5.35. The highest BCUT2D eigenvalue weighted by molar-refractivity contribution is 7.11. The number of nitrogens with one attached hydrogen (secondary N) is 1. The van der Waals surface area contributed by atoms with Crippen molar-refractivity contribution < 1.29 is 0 Å². The van der Waals surface area contributed by atoms with Crippen molar-refractivity contribution in [2.75, 3.05) is 19.6 Å². The van der Waals surface area contributed by atoms with Gasteiger partial charge in [-0.1, -0.05) is 19.8 Å². The molecule has 0 unspecified atom stereocenters. The first-order chi connectivity index (χ1) is 8.30. The molecule has 0 aliphatic heterocycles. The predicted octanol–water partition coefficient (Wildman–Crippen LogP) is 2.70. The highest BCUT2D eigenvalue weighted by atomic mass is 32.1. The molecule has 0 amide bonds. The number of terminal acetylenes is 1. The Morgan fingerprint density at radius 1 is 1.35 bits per heavy atom. The van der Waals surface area contributed by atoms with E-state index in [1.165, 1.54) is 16.2 Å². The van der Waals surface area contributed by atoms with Gasteiger partial charge in [0.2, 0.25) is 0 Å². The van der Waals surface area contributed by atoms with Crippen LogP contribution in [0.2, 0.25) is 0 Å². The second-order valence-corrected chi connectivity index (χ2v) is 5.31. The van der Waals surface area contributed by atoms with Crippen LogP contribution >= 0.6 is 11.3 Å². The Labute approximate surface area is 109 Å². The number of nitrogens with zero attached hydrogens (tertiary/aromatic N) is 1. The van der Waals surface area contributed by atoms with Crippen molar-refractivity contribution >= 4 is 11.3 Å². The third-order valence-corrected chi connectivity index (χ3v) is 3.65. The Hall–Kier alpha value is -0.820. The van der Waals surface area contributed by atoms with E-state index in [4.69, 9.17) is 6.42 Å². The Morgan fingerprint density at radius 3 is 2.76 bits per heavy atom. The molecule has 17 heavy (non-hydrogen) atoms. The molecule has 0 aliphatic rings. The summed E-state index contributed by atoms with van der Waals surface area (Å²) in [5.41, 5.74) is 0. The predicted molar refractivity (Wildman–Crippen MR) is 76.1 cm³/mol. The quantitative estimate of drug-likeness (QED) is 0.564. The number of hydrogen-bond acceptors (Lipinski definition) is 3. The zero-order valence-corrected chi connectivity index (χ0v) is 11.6. The molecule has 0 aromatic carbocycles. The van der Waals surface area contributed by atoms with E-state index in [0.29, 0.717) is 0 Å². The zero-order valence-electron chi connectivity index (χ0n) is 10.8. The zero-order chi connectivity index (χ0) is 12.5. The lowest BCUT2D eigenvalue weighted by molar-refractivity contribution is 0.319. The van der Waals surface area contributed by atoms with E-state index in [1.54, 1.807) is 0 Å². The third kappa shape index (κ3) is 5.36. The van der Waals surface area contributed by atoms with E-state index in [-0.39, 0.29) is 0 Å². The first-order valence-electron chi connectivity index (χ1n) is 6.24. The highest BCUT2D eigenvalue weighted by Crippen LogP contribution is 2.18. The maximum atomic E-state index is 5.35. The molecule has 1 aromatic rings. The van der Waals surface area contributed by atoms with Gasteiger partial charge in [0.1, 0.15) is 0 Å². The molecule has 3 heteroatoms. The van der Waals surface area contributed by atoms with E-state index in [1.807, 2.05) is 11.3 Å². The van der Waals surface area contributed by atoms with Gasteiger partial charge in [0.25, 0.3) is 0 Å². The van der Waals surface area contributed by atoms with Crippen LogP contribution in [0.3, 0.4) is 0 Å². The van der Waals surface area contributed by atoms with Crippen molar-refractivity contribution in [3.63, 3.8) is 0 Å². The van der Waals surface area contributed by atoms with Crippen molar-refractivity contribution in [3.05, 3.63) is 21.9 Å². The molecule has 0 saturated carbocycles. The van der Waals surface area contributed by atoms with Crippen LogP contribution < -0.4 is 5.32 Å². The minimum absolute atomic E-state index is 0.734. The van der Waals surface area contributed by atoms with Crippen LogP contribution in [0.5, 0.6) is 0 Å². The largest absolute Gasteiger partial charge is 0.312 e. The van der Waals surface area contributed by atoms with Gasteiger partial charge in [0.15, 0.2) is 0 Å². The molecular weight excluding hydrogens is 228 g/mol. The van der Waals surface area contributed by atoms with Gasteiger partial charge in [-0.25, -0.2) is 0 Å². The third-order valence-electron chi connectivity index (χ3n) is 2.58. The van der Waals surface area contributed by atoms with E-state index in [0.717, 1.165) is 32.7 Å². The summed E-state index contributed by atoms with van der Waals surface area (Å²) in [6.07, 6.45) is 6.53. The lowest BCUT2D eigenvalue weighted by Crippen LogP contribution is -2.22. The second kappa shape index (κ2) is 8.30. The van der Waals surface area contributed by atoms with E-state index < -0.39 is 0 Å². The average Bonchev–Trinajstić information content (AvgIpc) is 2.77. The SMILES string of the molecule is C#CCN(CC)Cc1ccc(CNCCC)s1. The highest BCUT2D eigenvalue weighted by Gasteiger charge is 2.05. The summed E-state index contributed by atoms with van der Waals surface area (Å²) in [7, 11) is 0. The molecule has 0 fully saturated rings. The molecule has 1 heterocycles. The van der Waals surface area contributed by atoms with Gasteiger partial charge in [0, 0.05) is 22.8 Å². The molecule has 2 nitrogen and oxygen atoms in total. The molecule has 0 radical (unpaired) electrons. The van der Waals surface area contributed by atoms with Crippen molar-refractivity contribution in [2.24, 2.45) is 0 Å². The number of rotatable bonds is 8. The summed E-state index contributed by atoms with van der Waals surface area (Å²) in [5.74, 6) is 2.71. The molecule has 1 N–H and O–H groups in total. The molecule has 1 aromatic heterocycles. The smallest absolute Gasteiger partial charge is 0.0601 e. The summed E-state index contributed by atoms with van der Waals surface area (Å²) < 4.78 is 0. The first-order valence-corrected chi connectivity index (χ1v) is 7.05. The van der Waals surface area contributed by atoms with Crippen LogP contribution in [0.15, 0.2) is 12.1 Å². The molecule has 1 rings (SSSR count). The van der Waals surface area contributed by atoms with Crippen LogP contribution in [0, 0.1) is 12.3 Å². The fraction of sp³-hybridized carbons (Fsp3) is 0.571. The van der Waals surface area contributed by atoms with Crippen LogP contribution in [-0.2, 0) is 13.1 Å². The fourth-order valence-electron chi connectivity index (χ4n) is 1.62. The number of hydrogen-bond donors (Lipinski definition) is 1. The van der Waals surface area contributed by atoms with Gasteiger partial charge in [-0.05, 0) is 31.6 Å². The van der Waals surface area contributed by atoms with Gasteiger partial charge < -0.3 is 5.32 Å². The summed E-state index contributed by atoms with van der Waals surface area (Å²) in [6.45, 7) is 9.12. The second-order valence-electron chi connectivity index (χ2n) is 4.05. The first kappa shape index (κ1) is 14.2. The molecule has 0 atom stereocenters. The normalized spacial score (nSPS) is 10.7. The Morgan fingerprint density at radius 2 is 2.12 bits per heavy atom. The van der Waals surface area contributed by atoms with E-state index >= 15 is 0 Å². The lowest BCUT2D eigenvalue weighted by Gasteiger charge is -2.15. The van der Waals surface area contributed by atoms with Gasteiger partial charge in [-0.2, -0.15) is 0 Å². The van der Waals surface area contributed by atoms with Crippen molar-refractivity contribution in [3.8, 4) is 12.3 Å². The Bertz CT molecular complexity index is 351. The minimum atomic E-state index is 0.734. The maximum Gasteiger partial charge on any atom is 0.0601 e. The topological polar surface area (TPSA) is 15.3 Å².